The zero-order chi connectivity index (χ0) is 28.5. The van der Waals surface area contributed by atoms with Gasteiger partial charge in [0.25, 0.3) is 0 Å². The maximum absolute atomic E-state index is 12.2. The minimum atomic E-state index is -0.845. The lowest BCUT2D eigenvalue weighted by Gasteiger charge is -2.17. The molecule has 3 nitrogen and oxygen atoms in total. The Morgan fingerprint density at radius 3 is 1.76 bits per heavy atom. The van der Waals surface area contributed by atoms with Gasteiger partial charge in [-0.3, -0.25) is 4.79 Å². The first-order chi connectivity index (χ1) is 17.1. The summed E-state index contributed by atoms with van der Waals surface area (Å²) >= 11 is 0. The Bertz CT molecular complexity index is 1320. The van der Waals surface area contributed by atoms with Crippen molar-refractivity contribution in [2.24, 2.45) is 5.92 Å². The van der Waals surface area contributed by atoms with E-state index in [2.05, 4.69) is 82.2 Å². The molecule has 2 unspecified atom stereocenters. The second kappa shape index (κ2) is 11.6. The van der Waals surface area contributed by atoms with Crippen LogP contribution >= 0.6 is 0 Å². The molecule has 2 atom stereocenters. The number of carboxylic acids is 1. The number of hydrogen-bond donors (Lipinski definition) is 1. The number of fused-ring (bicyclic) bond motifs is 2. The molecule has 0 saturated heterocycles. The van der Waals surface area contributed by atoms with Gasteiger partial charge in [-0.15, -0.1) is 0 Å². The molecule has 37 heavy (non-hydrogen) atoms. The largest absolute Gasteiger partial charge is 0.478 e. The van der Waals surface area contributed by atoms with Crippen LogP contribution < -0.4 is 0 Å². The first kappa shape index (κ1) is 30.3. The number of carbonyl (C=O) groups excluding carboxylic acids is 1. The van der Waals surface area contributed by atoms with Crippen LogP contribution in [0.4, 0.5) is 0 Å². The Hall–Kier alpha value is -2.94. The molecule has 2 aliphatic rings. The lowest BCUT2D eigenvalue weighted by Crippen LogP contribution is -2.07. The number of carboxylic acid groups (broad SMARTS) is 1. The summed E-state index contributed by atoms with van der Waals surface area (Å²) in [6, 6.07) is 0. The Morgan fingerprint density at radius 2 is 1.27 bits per heavy atom. The molecule has 0 spiro atoms. The third kappa shape index (κ3) is 5.66. The highest BCUT2D eigenvalue weighted by Crippen LogP contribution is 2.43. The van der Waals surface area contributed by atoms with Gasteiger partial charge < -0.3 is 5.11 Å². The van der Waals surface area contributed by atoms with Gasteiger partial charge in [-0.25, -0.2) is 4.79 Å². The summed E-state index contributed by atoms with van der Waals surface area (Å²) in [6.45, 7) is 27.2. The van der Waals surface area contributed by atoms with Crippen LogP contribution in [0.25, 0.3) is 6.08 Å². The number of benzene rings is 2. The number of rotatable bonds is 1. The molecule has 0 fully saturated rings. The molecule has 2 aromatic carbocycles. The summed E-state index contributed by atoms with van der Waals surface area (Å²) in [7, 11) is 0. The van der Waals surface area contributed by atoms with E-state index in [1.165, 1.54) is 61.2 Å². The van der Waals surface area contributed by atoms with Crippen LogP contribution in [0, 0.1) is 61.3 Å². The average Bonchev–Trinajstić information content (AvgIpc) is 3.36. The normalized spacial score (nSPS) is 17.8. The van der Waals surface area contributed by atoms with Gasteiger partial charge in [0.15, 0.2) is 5.78 Å². The standard InChI is InChI=1S/C15H20O.C14H18.C5H8O2/c1-7-8(2)10(4)14-13(9(7)3)11(5)12(6)15(14)16;1-8-6-13-11(4)9(2)10(3)12(5)14(13)7-8;1-3-4(2)5(6)7/h11-12H,1-6H3;6H,7H2,1-5H3;3H,1-2H3,(H,6,7)/b;;4-3+. The van der Waals surface area contributed by atoms with E-state index >= 15 is 0 Å². The molecule has 0 bridgehead atoms. The molecule has 200 valence electrons. The number of carbonyl (C=O) groups is 2. The highest BCUT2D eigenvalue weighted by Gasteiger charge is 2.37. The minimum absolute atomic E-state index is 0.147. The Kier molecular flexibility index (Phi) is 9.52. The number of aliphatic carboxylic acids is 1. The van der Waals surface area contributed by atoms with Gasteiger partial charge in [0.05, 0.1) is 0 Å². The first-order valence-corrected chi connectivity index (χ1v) is 13.3. The molecule has 0 saturated carbocycles. The quantitative estimate of drug-likeness (QED) is 0.396. The smallest absolute Gasteiger partial charge is 0.330 e. The molecule has 0 aliphatic heterocycles. The van der Waals surface area contributed by atoms with Crippen LogP contribution in [0.2, 0.25) is 0 Å². The Balaban J connectivity index is 0.000000210. The summed E-state index contributed by atoms with van der Waals surface area (Å²) in [6.07, 6.45) is 5.07. The van der Waals surface area contributed by atoms with Crippen molar-refractivity contribution in [2.45, 2.75) is 102 Å². The second-order valence-corrected chi connectivity index (χ2v) is 11.1. The number of ketones is 1. The second-order valence-electron chi connectivity index (χ2n) is 11.1. The van der Waals surface area contributed by atoms with E-state index in [0.29, 0.717) is 17.3 Å². The highest BCUT2D eigenvalue weighted by atomic mass is 16.4. The molecule has 2 aromatic rings. The Labute approximate surface area is 224 Å². The monoisotopic (exact) mass is 502 g/mol. The molecular formula is C34H46O3. The van der Waals surface area contributed by atoms with Gasteiger partial charge in [0.2, 0.25) is 0 Å². The molecule has 2 aliphatic carbocycles. The van der Waals surface area contributed by atoms with Gasteiger partial charge in [-0.2, -0.15) is 0 Å². The zero-order valence-electron chi connectivity index (χ0n) is 25.3. The van der Waals surface area contributed by atoms with Gasteiger partial charge in [0, 0.05) is 17.1 Å². The third-order valence-electron chi connectivity index (χ3n) is 9.09. The SMILES string of the molecule is C/C=C(\C)C(=O)O.CC1=Cc2c(C)c(C)c(C)c(C)c2C1.Cc1c(C)c(C)c2c(c1C)C(=O)C(C)C2C. The van der Waals surface area contributed by atoms with Crippen molar-refractivity contribution < 1.29 is 14.7 Å². The van der Waals surface area contributed by atoms with Crippen molar-refractivity contribution in [3.8, 4) is 0 Å². The highest BCUT2D eigenvalue weighted by molar-refractivity contribution is 6.05. The van der Waals surface area contributed by atoms with Crippen LogP contribution in [-0.2, 0) is 11.2 Å². The van der Waals surface area contributed by atoms with Crippen LogP contribution in [0.5, 0.6) is 0 Å². The predicted octanol–water partition coefficient (Wildman–Crippen LogP) is 8.77. The number of allylic oxidation sites excluding steroid dienone is 2. The summed E-state index contributed by atoms with van der Waals surface area (Å²) < 4.78 is 0. The van der Waals surface area contributed by atoms with Gasteiger partial charge in [-0.05, 0) is 150 Å². The fourth-order valence-corrected chi connectivity index (χ4v) is 5.48. The molecule has 4 rings (SSSR count). The molecule has 3 heteroatoms. The first-order valence-electron chi connectivity index (χ1n) is 13.3. The summed E-state index contributed by atoms with van der Waals surface area (Å²) in [5, 5.41) is 8.11. The maximum atomic E-state index is 12.2. The van der Waals surface area contributed by atoms with E-state index in [-0.39, 0.29) is 5.92 Å². The fourth-order valence-electron chi connectivity index (χ4n) is 5.48. The predicted molar refractivity (Wildman–Crippen MR) is 157 cm³/mol. The van der Waals surface area contributed by atoms with E-state index in [0.717, 1.165) is 12.0 Å². The summed E-state index contributed by atoms with van der Waals surface area (Å²) in [4.78, 5) is 22.1. The fraction of sp³-hybridized carbons (Fsp3) is 0.471. The van der Waals surface area contributed by atoms with Gasteiger partial charge >= 0.3 is 5.97 Å². The third-order valence-corrected chi connectivity index (χ3v) is 9.09. The van der Waals surface area contributed by atoms with Crippen molar-refractivity contribution >= 4 is 17.8 Å². The lowest BCUT2D eigenvalue weighted by atomic mass is 9.87. The summed E-state index contributed by atoms with van der Waals surface area (Å²) in [5.74, 6) is 0.0165. The van der Waals surface area contributed by atoms with Gasteiger partial charge in [0.1, 0.15) is 0 Å². The van der Waals surface area contributed by atoms with E-state index in [4.69, 9.17) is 5.11 Å². The van der Waals surface area contributed by atoms with Crippen molar-refractivity contribution in [1.82, 2.24) is 0 Å². The van der Waals surface area contributed by atoms with Crippen molar-refractivity contribution in [3.63, 3.8) is 0 Å². The van der Waals surface area contributed by atoms with E-state index in [1.807, 2.05) is 0 Å². The van der Waals surface area contributed by atoms with E-state index < -0.39 is 5.97 Å². The maximum Gasteiger partial charge on any atom is 0.330 e. The van der Waals surface area contributed by atoms with Crippen molar-refractivity contribution in [1.29, 1.82) is 0 Å². The van der Waals surface area contributed by atoms with Crippen LogP contribution in [0.1, 0.15) is 112 Å². The molecular weight excluding hydrogens is 456 g/mol. The van der Waals surface area contributed by atoms with Crippen LogP contribution in [0.3, 0.4) is 0 Å². The van der Waals surface area contributed by atoms with Crippen molar-refractivity contribution in [2.75, 3.05) is 0 Å². The number of hydrogen-bond acceptors (Lipinski definition) is 2. The Morgan fingerprint density at radius 1 is 0.784 bits per heavy atom. The molecule has 1 N–H and O–H groups in total. The molecule has 0 radical (unpaired) electrons. The zero-order valence-corrected chi connectivity index (χ0v) is 25.3. The lowest BCUT2D eigenvalue weighted by molar-refractivity contribution is -0.132. The molecule has 0 heterocycles. The molecule has 0 aromatic heterocycles. The minimum Gasteiger partial charge on any atom is -0.478 e. The van der Waals surface area contributed by atoms with Crippen LogP contribution in [-0.4, -0.2) is 16.9 Å². The molecule has 0 amide bonds. The number of Topliss-reactive ketones (excluding diaryl/α,β-unsaturated/α-hetero) is 1. The topological polar surface area (TPSA) is 54.4 Å². The van der Waals surface area contributed by atoms with E-state index in [1.54, 1.807) is 25.5 Å². The summed E-state index contributed by atoms with van der Waals surface area (Å²) in [5.41, 5.74) is 18.3. The van der Waals surface area contributed by atoms with Crippen molar-refractivity contribution in [3.05, 3.63) is 84.0 Å². The van der Waals surface area contributed by atoms with Gasteiger partial charge in [-0.1, -0.05) is 31.6 Å². The average molecular weight is 503 g/mol. The van der Waals surface area contributed by atoms with E-state index in [9.17, 15) is 9.59 Å². The van der Waals surface area contributed by atoms with Crippen LogP contribution in [0.15, 0.2) is 17.2 Å².